The van der Waals surface area contributed by atoms with Gasteiger partial charge in [0.1, 0.15) is 0 Å². The molecule has 0 bridgehead atoms. The SMILES string of the molecule is CCOc1ccc(CC(=O)N2CCC(F)(F)C(CO)C2)cc1OCC. The number of benzene rings is 1. The first-order valence-electron chi connectivity index (χ1n) is 8.56. The van der Waals surface area contributed by atoms with Crippen molar-refractivity contribution in [1.82, 2.24) is 4.90 Å². The average Bonchev–Trinajstić information content (AvgIpc) is 2.57. The van der Waals surface area contributed by atoms with Gasteiger partial charge in [0.15, 0.2) is 11.5 Å². The van der Waals surface area contributed by atoms with Gasteiger partial charge in [-0.15, -0.1) is 0 Å². The lowest BCUT2D eigenvalue weighted by molar-refractivity contribution is -0.148. The molecule has 140 valence electrons. The van der Waals surface area contributed by atoms with Crippen molar-refractivity contribution in [1.29, 1.82) is 0 Å². The molecule has 1 aromatic carbocycles. The Hall–Kier alpha value is -1.89. The van der Waals surface area contributed by atoms with Gasteiger partial charge in [-0.05, 0) is 31.5 Å². The number of ether oxygens (including phenoxy) is 2. The monoisotopic (exact) mass is 357 g/mol. The highest BCUT2D eigenvalue weighted by atomic mass is 19.3. The normalized spacial score (nSPS) is 19.6. The fraction of sp³-hybridized carbons (Fsp3) is 0.611. The van der Waals surface area contributed by atoms with Gasteiger partial charge in [0.25, 0.3) is 5.92 Å². The molecule has 1 fully saturated rings. The highest BCUT2D eigenvalue weighted by Crippen LogP contribution is 2.34. The summed E-state index contributed by atoms with van der Waals surface area (Å²) in [4.78, 5) is 13.8. The van der Waals surface area contributed by atoms with Gasteiger partial charge in [-0.25, -0.2) is 8.78 Å². The van der Waals surface area contributed by atoms with E-state index in [-0.39, 0.29) is 25.4 Å². The van der Waals surface area contributed by atoms with E-state index in [0.29, 0.717) is 24.7 Å². The quantitative estimate of drug-likeness (QED) is 0.815. The Morgan fingerprint density at radius 2 is 1.96 bits per heavy atom. The van der Waals surface area contributed by atoms with Gasteiger partial charge in [0.05, 0.1) is 32.2 Å². The van der Waals surface area contributed by atoms with Crippen LogP contribution >= 0.6 is 0 Å². The number of halogens is 2. The van der Waals surface area contributed by atoms with E-state index in [1.807, 2.05) is 13.8 Å². The first-order valence-corrected chi connectivity index (χ1v) is 8.56. The summed E-state index contributed by atoms with van der Waals surface area (Å²) in [7, 11) is 0. The summed E-state index contributed by atoms with van der Waals surface area (Å²) in [5, 5.41) is 9.14. The van der Waals surface area contributed by atoms with E-state index in [2.05, 4.69) is 0 Å². The predicted octanol–water partition coefficient (Wildman–Crippen LogP) is 2.50. The maximum atomic E-state index is 13.7. The third kappa shape index (κ3) is 4.81. The molecule has 1 heterocycles. The van der Waals surface area contributed by atoms with E-state index in [9.17, 15) is 13.6 Å². The summed E-state index contributed by atoms with van der Waals surface area (Å²) >= 11 is 0. The minimum atomic E-state index is -2.92. The molecule has 1 N–H and O–H groups in total. The van der Waals surface area contributed by atoms with Crippen LogP contribution in [0.4, 0.5) is 8.78 Å². The Balaban J connectivity index is 2.06. The summed E-state index contributed by atoms with van der Waals surface area (Å²) in [6.07, 6.45) is -0.326. The van der Waals surface area contributed by atoms with Crippen molar-refractivity contribution in [2.75, 3.05) is 32.9 Å². The Morgan fingerprint density at radius 3 is 2.60 bits per heavy atom. The Labute approximate surface area is 146 Å². The van der Waals surface area contributed by atoms with Gasteiger partial charge in [0.2, 0.25) is 5.91 Å². The topological polar surface area (TPSA) is 59.0 Å². The zero-order valence-corrected chi connectivity index (χ0v) is 14.6. The third-order valence-electron chi connectivity index (χ3n) is 4.29. The largest absolute Gasteiger partial charge is 0.490 e. The van der Waals surface area contributed by atoms with E-state index in [4.69, 9.17) is 14.6 Å². The lowest BCUT2D eigenvalue weighted by Gasteiger charge is -2.37. The van der Waals surface area contributed by atoms with Crippen molar-refractivity contribution in [2.45, 2.75) is 32.6 Å². The van der Waals surface area contributed by atoms with Gasteiger partial charge in [-0.3, -0.25) is 4.79 Å². The van der Waals surface area contributed by atoms with Gasteiger partial charge in [0, 0.05) is 19.5 Å². The highest BCUT2D eigenvalue weighted by Gasteiger charge is 2.44. The highest BCUT2D eigenvalue weighted by molar-refractivity contribution is 5.79. The number of aliphatic hydroxyl groups excluding tert-OH is 1. The summed E-state index contributed by atoms with van der Waals surface area (Å²) in [5.74, 6) is -3.19. The fourth-order valence-electron chi connectivity index (χ4n) is 2.89. The molecule has 1 unspecified atom stereocenters. The Kier molecular flexibility index (Phi) is 6.58. The number of amides is 1. The summed E-state index contributed by atoms with van der Waals surface area (Å²) in [5.41, 5.74) is 0.731. The van der Waals surface area contributed by atoms with Crippen molar-refractivity contribution in [3.8, 4) is 11.5 Å². The zero-order chi connectivity index (χ0) is 18.4. The second-order valence-corrected chi connectivity index (χ2v) is 6.05. The number of hydrogen-bond donors (Lipinski definition) is 1. The molecular weight excluding hydrogens is 332 g/mol. The van der Waals surface area contributed by atoms with Crippen molar-refractivity contribution >= 4 is 5.91 Å². The first kappa shape index (κ1) is 19.4. The van der Waals surface area contributed by atoms with E-state index in [1.165, 1.54) is 4.90 Å². The van der Waals surface area contributed by atoms with E-state index in [0.717, 1.165) is 5.56 Å². The van der Waals surface area contributed by atoms with Crippen molar-refractivity contribution in [3.05, 3.63) is 23.8 Å². The smallest absolute Gasteiger partial charge is 0.256 e. The van der Waals surface area contributed by atoms with Crippen LogP contribution in [-0.4, -0.2) is 54.7 Å². The fourth-order valence-corrected chi connectivity index (χ4v) is 2.89. The molecule has 0 radical (unpaired) electrons. The van der Waals surface area contributed by atoms with Crippen LogP contribution in [0.5, 0.6) is 11.5 Å². The van der Waals surface area contributed by atoms with Crippen molar-refractivity contribution < 1.29 is 28.2 Å². The minimum Gasteiger partial charge on any atom is -0.490 e. The van der Waals surface area contributed by atoms with Crippen LogP contribution in [0.3, 0.4) is 0 Å². The molecule has 25 heavy (non-hydrogen) atoms. The summed E-state index contributed by atoms with van der Waals surface area (Å²) in [6.45, 7) is 3.94. The van der Waals surface area contributed by atoms with Crippen LogP contribution in [0, 0.1) is 5.92 Å². The average molecular weight is 357 g/mol. The van der Waals surface area contributed by atoms with Crippen LogP contribution in [0.15, 0.2) is 18.2 Å². The number of hydrogen-bond acceptors (Lipinski definition) is 4. The lowest BCUT2D eigenvalue weighted by Crippen LogP contribution is -2.50. The van der Waals surface area contributed by atoms with Crippen LogP contribution in [0.1, 0.15) is 25.8 Å². The van der Waals surface area contributed by atoms with Crippen molar-refractivity contribution in [2.24, 2.45) is 5.92 Å². The minimum absolute atomic E-state index is 0.00230. The lowest BCUT2D eigenvalue weighted by atomic mass is 9.94. The molecule has 0 aliphatic carbocycles. The number of carbonyl (C=O) groups is 1. The molecule has 7 heteroatoms. The molecule has 1 aromatic rings. The molecule has 0 spiro atoms. The molecule has 0 saturated carbocycles. The van der Waals surface area contributed by atoms with E-state index < -0.39 is 24.9 Å². The number of carbonyl (C=O) groups excluding carboxylic acids is 1. The van der Waals surface area contributed by atoms with Gasteiger partial charge in [-0.2, -0.15) is 0 Å². The number of aliphatic hydroxyl groups is 1. The Bertz CT molecular complexity index is 594. The second-order valence-electron chi connectivity index (χ2n) is 6.05. The summed E-state index contributed by atoms with van der Waals surface area (Å²) < 4.78 is 38.3. The number of alkyl halides is 2. The Morgan fingerprint density at radius 1 is 1.28 bits per heavy atom. The summed E-state index contributed by atoms with van der Waals surface area (Å²) in [6, 6.07) is 5.26. The van der Waals surface area contributed by atoms with Crippen LogP contribution in [0.25, 0.3) is 0 Å². The van der Waals surface area contributed by atoms with Crippen LogP contribution in [-0.2, 0) is 11.2 Å². The first-order chi connectivity index (χ1) is 11.9. The van der Waals surface area contributed by atoms with Gasteiger partial charge >= 0.3 is 0 Å². The maximum absolute atomic E-state index is 13.7. The zero-order valence-electron chi connectivity index (χ0n) is 14.6. The molecule has 0 aromatic heterocycles. The molecule has 1 atom stereocenters. The number of rotatable bonds is 7. The molecule has 1 aliphatic rings. The molecule has 1 amide bonds. The van der Waals surface area contributed by atoms with Crippen LogP contribution in [0.2, 0.25) is 0 Å². The van der Waals surface area contributed by atoms with E-state index in [1.54, 1.807) is 18.2 Å². The van der Waals surface area contributed by atoms with Crippen LogP contribution < -0.4 is 9.47 Å². The molecule has 1 aliphatic heterocycles. The maximum Gasteiger partial charge on any atom is 0.256 e. The van der Waals surface area contributed by atoms with Gasteiger partial charge in [-0.1, -0.05) is 6.07 Å². The molecular formula is C18H25F2NO4. The predicted molar refractivity (Wildman–Crippen MR) is 89.2 cm³/mol. The second kappa shape index (κ2) is 8.47. The van der Waals surface area contributed by atoms with Gasteiger partial charge < -0.3 is 19.5 Å². The number of nitrogens with zero attached hydrogens (tertiary/aromatic N) is 1. The standard InChI is InChI=1S/C18H25F2NO4/c1-3-24-15-6-5-13(9-16(15)25-4-2)10-17(23)21-8-7-18(19,20)14(11-21)12-22/h5-6,9,14,22H,3-4,7-8,10-12H2,1-2H3. The third-order valence-corrected chi connectivity index (χ3v) is 4.29. The molecule has 2 rings (SSSR count). The number of piperidine rings is 1. The molecule has 1 saturated heterocycles. The molecule has 5 nitrogen and oxygen atoms in total. The number of likely N-dealkylation sites (tertiary alicyclic amines) is 1. The van der Waals surface area contributed by atoms with E-state index >= 15 is 0 Å². The van der Waals surface area contributed by atoms with Crippen molar-refractivity contribution in [3.63, 3.8) is 0 Å².